The molecule has 1 aromatic carbocycles. The molecule has 4 heteroatoms. The van der Waals surface area contributed by atoms with Crippen molar-refractivity contribution in [2.45, 2.75) is 57.8 Å². The van der Waals surface area contributed by atoms with Gasteiger partial charge < -0.3 is 14.5 Å². The summed E-state index contributed by atoms with van der Waals surface area (Å²) in [4.78, 5) is 15.3. The third-order valence-corrected chi connectivity index (χ3v) is 7.87. The van der Waals surface area contributed by atoms with E-state index < -0.39 is 0 Å². The first-order chi connectivity index (χ1) is 14.3. The van der Waals surface area contributed by atoms with Crippen LogP contribution < -0.4 is 9.80 Å². The van der Waals surface area contributed by atoms with E-state index >= 15 is 0 Å². The molecule has 1 aliphatic carbocycles. The molecule has 160 valence electrons. The van der Waals surface area contributed by atoms with Gasteiger partial charge in [-0.3, -0.25) is 4.79 Å². The van der Waals surface area contributed by atoms with E-state index in [-0.39, 0.29) is 5.97 Å². The van der Waals surface area contributed by atoms with Crippen LogP contribution in [0.15, 0.2) is 30.3 Å². The van der Waals surface area contributed by atoms with Crippen LogP contribution >= 0.6 is 0 Å². The number of esters is 1. The number of benzene rings is 1. The molecular formula is C25H40N2O2+2. The summed E-state index contributed by atoms with van der Waals surface area (Å²) in [6.07, 6.45) is 11.2. The highest BCUT2D eigenvalue weighted by Gasteiger charge is 2.33. The van der Waals surface area contributed by atoms with Crippen LogP contribution in [0.25, 0.3) is 0 Å². The SMILES string of the molecule is O=C(CC1CCCC1)OCC[NH+]1CCC(C2CC[NH+](c3ccccc3)CC2)CC1. The maximum absolute atomic E-state index is 12.0. The van der Waals surface area contributed by atoms with Crippen LogP contribution in [0, 0.1) is 17.8 Å². The van der Waals surface area contributed by atoms with Crippen LogP contribution in [0.4, 0.5) is 5.69 Å². The number of carbonyl (C=O) groups is 1. The number of carbonyl (C=O) groups excluding carboxylic acids is 1. The maximum Gasteiger partial charge on any atom is 0.306 e. The Labute approximate surface area is 176 Å². The van der Waals surface area contributed by atoms with Gasteiger partial charge in [0.1, 0.15) is 18.8 Å². The number of hydrogen-bond donors (Lipinski definition) is 2. The Morgan fingerprint density at radius 1 is 0.862 bits per heavy atom. The summed E-state index contributed by atoms with van der Waals surface area (Å²) in [6.45, 7) is 6.72. The second-order valence-corrected chi connectivity index (χ2v) is 9.72. The quantitative estimate of drug-likeness (QED) is 0.687. The summed E-state index contributed by atoms with van der Waals surface area (Å²) in [5, 5.41) is 0. The smallest absolute Gasteiger partial charge is 0.306 e. The second-order valence-electron chi connectivity index (χ2n) is 9.72. The molecule has 3 fully saturated rings. The lowest BCUT2D eigenvalue weighted by Gasteiger charge is -2.37. The molecule has 0 atom stereocenters. The standard InChI is InChI=1S/C25H38N2O2/c28-25(20-21-6-4-5-7-21)29-19-18-26-14-10-22(11-15-26)23-12-16-27(17-13-23)24-8-2-1-3-9-24/h1-3,8-9,21-23H,4-7,10-20H2/p+2. The van der Waals surface area contributed by atoms with Crippen molar-refractivity contribution in [2.75, 3.05) is 39.3 Å². The molecule has 0 spiro atoms. The summed E-state index contributed by atoms with van der Waals surface area (Å²) < 4.78 is 5.54. The first-order valence-electron chi connectivity index (χ1n) is 12.2. The third-order valence-electron chi connectivity index (χ3n) is 7.87. The zero-order chi connectivity index (χ0) is 19.9. The van der Waals surface area contributed by atoms with Crippen molar-refractivity contribution < 1.29 is 19.3 Å². The summed E-state index contributed by atoms with van der Waals surface area (Å²) in [5.41, 5.74) is 1.47. The molecule has 2 N–H and O–H groups in total. The fourth-order valence-corrected chi connectivity index (χ4v) is 6.01. The second kappa shape index (κ2) is 10.6. The van der Waals surface area contributed by atoms with Crippen LogP contribution in [0.1, 0.15) is 57.8 Å². The van der Waals surface area contributed by atoms with E-state index in [1.54, 1.807) is 9.80 Å². The minimum atomic E-state index is 0.0406. The van der Waals surface area contributed by atoms with E-state index in [1.807, 2.05) is 0 Å². The van der Waals surface area contributed by atoms with E-state index in [0.717, 1.165) is 18.4 Å². The summed E-state index contributed by atoms with van der Waals surface area (Å²) in [6, 6.07) is 11.0. The van der Waals surface area contributed by atoms with Gasteiger partial charge in [-0.05, 0) is 55.6 Å². The van der Waals surface area contributed by atoms with Gasteiger partial charge in [-0.15, -0.1) is 0 Å². The number of ether oxygens (including phenoxy) is 1. The largest absolute Gasteiger partial charge is 0.460 e. The Balaban J connectivity index is 1.10. The lowest BCUT2D eigenvalue weighted by atomic mass is 9.78. The van der Waals surface area contributed by atoms with Crippen molar-refractivity contribution in [3.05, 3.63) is 30.3 Å². The first-order valence-corrected chi connectivity index (χ1v) is 12.2. The van der Waals surface area contributed by atoms with Gasteiger partial charge in [-0.25, -0.2) is 0 Å². The normalized spacial score (nSPS) is 30.9. The number of quaternary nitrogens is 2. The fourth-order valence-electron chi connectivity index (χ4n) is 6.01. The number of piperidine rings is 2. The van der Waals surface area contributed by atoms with Gasteiger partial charge in [0.2, 0.25) is 0 Å². The van der Waals surface area contributed by atoms with Gasteiger partial charge in [-0.1, -0.05) is 31.0 Å². The predicted octanol–water partition coefficient (Wildman–Crippen LogP) is 2.03. The Kier molecular flexibility index (Phi) is 7.61. The number of likely N-dealkylation sites (tertiary alicyclic amines) is 1. The van der Waals surface area contributed by atoms with Crippen LogP contribution in [0.5, 0.6) is 0 Å². The summed E-state index contributed by atoms with van der Waals surface area (Å²) in [5.74, 6) is 2.48. The molecule has 0 amide bonds. The molecule has 0 radical (unpaired) electrons. The zero-order valence-electron chi connectivity index (χ0n) is 18.0. The van der Waals surface area contributed by atoms with Gasteiger partial charge in [0.15, 0.2) is 0 Å². The van der Waals surface area contributed by atoms with Gasteiger partial charge >= 0.3 is 5.97 Å². The van der Waals surface area contributed by atoms with Crippen LogP contribution in [-0.2, 0) is 9.53 Å². The maximum atomic E-state index is 12.0. The fraction of sp³-hybridized carbons (Fsp3) is 0.720. The molecule has 2 heterocycles. The van der Waals surface area contributed by atoms with Gasteiger partial charge in [0, 0.05) is 19.3 Å². The van der Waals surface area contributed by atoms with Gasteiger partial charge in [0.05, 0.1) is 26.2 Å². The van der Waals surface area contributed by atoms with E-state index in [1.165, 1.54) is 83.2 Å². The van der Waals surface area contributed by atoms with E-state index in [9.17, 15) is 4.79 Å². The Morgan fingerprint density at radius 2 is 1.48 bits per heavy atom. The highest BCUT2D eigenvalue weighted by molar-refractivity contribution is 5.69. The molecule has 29 heavy (non-hydrogen) atoms. The van der Waals surface area contributed by atoms with E-state index in [4.69, 9.17) is 4.74 Å². The van der Waals surface area contributed by atoms with Crippen molar-refractivity contribution in [1.29, 1.82) is 0 Å². The monoisotopic (exact) mass is 400 g/mol. The molecule has 1 aromatic rings. The highest BCUT2D eigenvalue weighted by Crippen LogP contribution is 2.28. The topological polar surface area (TPSA) is 35.2 Å². The van der Waals surface area contributed by atoms with Crippen molar-refractivity contribution in [2.24, 2.45) is 17.8 Å². The molecular weight excluding hydrogens is 360 g/mol. The lowest BCUT2D eigenvalue weighted by molar-refractivity contribution is -0.906. The summed E-state index contributed by atoms with van der Waals surface area (Å²) >= 11 is 0. The summed E-state index contributed by atoms with van der Waals surface area (Å²) in [7, 11) is 0. The lowest BCUT2D eigenvalue weighted by Crippen LogP contribution is -3.13. The van der Waals surface area contributed by atoms with Crippen LogP contribution in [0.3, 0.4) is 0 Å². The average molecular weight is 401 g/mol. The highest BCUT2D eigenvalue weighted by atomic mass is 16.5. The first kappa shape index (κ1) is 20.9. The van der Waals surface area contributed by atoms with Crippen LogP contribution in [-0.4, -0.2) is 45.3 Å². The minimum Gasteiger partial charge on any atom is -0.460 e. The number of rotatable bonds is 7. The van der Waals surface area contributed by atoms with Crippen molar-refractivity contribution in [3.8, 4) is 0 Å². The Hall–Kier alpha value is -1.39. The Morgan fingerprint density at radius 3 is 2.14 bits per heavy atom. The van der Waals surface area contributed by atoms with Gasteiger partial charge in [-0.2, -0.15) is 0 Å². The van der Waals surface area contributed by atoms with Gasteiger partial charge in [0.25, 0.3) is 0 Å². The number of hydrogen-bond acceptors (Lipinski definition) is 2. The Bertz CT molecular complexity index is 613. The molecule has 2 aliphatic heterocycles. The molecule has 4 rings (SSSR count). The third kappa shape index (κ3) is 6.05. The minimum absolute atomic E-state index is 0.0406. The molecule has 0 unspecified atom stereocenters. The molecule has 0 bridgehead atoms. The molecule has 3 aliphatic rings. The number of para-hydroxylation sites is 1. The molecule has 0 aromatic heterocycles. The molecule has 4 nitrogen and oxygen atoms in total. The van der Waals surface area contributed by atoms with E-state index in [2.05, 4.69) is 30.3 Å². The molecule has 1 saturated carbocycles. The van der Waals surface area contributed by atoms with E-state index in [0.29, 0.717) is 18.9 Å². The van der Waals surface area contributed by atoms with Crippen molar-refractivity contribution >= 4 is 11.7 Å². The zero-order valence-corrected chi connectivity index (χ0v) is 18.0. The predicted molar refractivity (Wildman–Crippen MR) is 115 cm³/mol. The average Bonchev–Trinajstić information content (AvgIpc) is 3.28. The number of nitrogens with one attached hydrogen (secondary N) is 2. The van der Waals surface area contributed by atoms with Crippen molar-refractivity contribution in [3.63, 3.8) is 0 Å². The van der Waals surface area contributed by atoms with Crippen molar-refractivity contribution in [1.82, 2.24) is 0 Å². The van der Waals surface area contributed by atoms with Crippen LogP contribution in [0.2, 0.25) is 0 Å². The molecule has 2 saturated heterocycles.